The molecule has 0 spiro atoms. The molecule has 2 aliphatic heterocycles. The van der Waals surface area contributed by atoms with Gasteiger partial charge in [0.25, 0.3) is 0 Å². The van der Waals surface area contributed by atoms with Crippen molar-refractivity contribution in [2.24, 2.45) is 0 Å². The zero-order valence-corrected chi connectivity index (χ0v) is 29.0. The minimum absolute atomic E-state index is 0.329. The minimum atomic E-state index is -0.337. The van der Waals surface area contributed by atoms with Crippen LogP contribution in [0.25, 0.3) is 0 Å². The van der Waals surface area contributed by atoms with Gasteiger partial charge in [-0.25, -0.2) is 0 Å². The zero-order valence-electron chi connectivity index (χ0n) is 29.0. The van der Waals surface area contributed by atoms with Gasteiger partial charge in [-0.1, -0.05) is 105 Å². The number of hydrogen-bond acceptors (Lipinski definition) is 5. The van der Waals surface area contributed by atoms with E-state index in [-0.39, 0.29) is 5.41 Å². The summed E-state index contributed by atoms with van der Waals surface area (Å²) in [6.45, 7) is 9.27. The summed E-state index contributed by atoms with van der Waals surface area (Å²) in [4.78, 5) is 7.65. The topological polar surface area (TPSA) is 50.2 Å². The fourth-order valence-electron chi connectivity index (χ4n) is 8.09. The first kappa shape index (κ1) is 33.9. The third-order valence-corrected chi connectivity index (χ3v) is 10.7. The van der Waals surface area contributed by atoms with Crippen LogP contribution >= 0.6 is 0 Å². The van der Waals surface area contributed by atoms with E-state index in [2.05, 4.69) is 94.4 Å². The quantitative estimate of drug-likeness (QED) is 0.161. The monoisotopic (exact) mass is 645 g/mol. The van der Waals surface area contributed by atoms with E-state index in [9.17, 15) is 10.2 Å². The molecule has 0 unspecified atom stereocenters. The molecule has 0 atom stereocenters. The Hall–Kier alpha value is -3.96. The highest BCUT2D eigenvalue weighted by Gasteiger charge is 2.36. The van der Waals surface area contributed by atoms with E-state index >= 15 is 0 Å². The van der Waals surface area contributed by atoms with Crippen molar-refractivity contribution in [3.8, 4) is 11.5 Å². The average Bonchev–Trinajstić information content (AvgIpc) is 3.55. The van der Waals surface area contributed by atoms with E-state index in [1.54, 1.807) is 0 Å². The Labute approximate surface area is 288 Å². The van der Waals surface area contributed by atoms with Crippen LogP contribution in [0, 0.1) is 0 Å². The molecule has 48 heavy (non-hydrogen) atoms. The Morgan fingerprint density at radius 1 is 0.562 bits per heavy atom. The predicted octanol–water partition coefficient (Wildman–Crippen LogP) is 9.65. The lowest BCUT2D eigenvalue weighted by Gasteiger charge is -2.39. The van der Waals surface area contributed by atoms with Gasteiger partial charge in [0.1, 0.15) is 11.5 Å². The third kappa shape index (κ3) is 8.54. The van der Waals surface area contributed by atoms with Crippen LogP contribution in [0.3, 0.4) is 0 Å². The van der Waals surface area contributed by atoms with Crippen molar-refractivity contribution in [2.45, 2.75) is 89.6 Å². The molecule has 5 nitrogen and oxygen atoms in total. The van der Waals surface area contributed by atoms with Gasteiger partial charge < -0.3 is 20.0 Å². The lowest BCUT2D eigenvalue weighted by molar-refractivity contribution is 0.244. The fraction of sp³-hybridized carbons (Fsp3) is 0.442. The Balaban J connectivity index is 1.38. The van der Waals surface area contributed by atoms with Gasteiger partial charge in [-0.2, -0.15) is 0 Å². The van der Waals surface area contributed by atoms with E-state index in [4.69, 9.17) is 0 Å². The lowest BCUT2D eigenvalue weighted by Crippen LogP contribution is -2.34. The Bertz CT molecular complexity index is 1450. The van der Waals surface area contributed by atoms with Gasteiger partial charge in [0.2, 0.25) is 0 Å². The second kappa shape index (κ2) is 16.4. The molecular formula is C43H55N3O2. The van der Waals surface area contributed by atoms with Crippen LogP contribution < -0.4 is 9.80 Å². The van der Waals surface area contributed by atoms with Gasteiger partial charge in [-0.05, 0) is 79.5 Å². The molecule has 2 heterocycles. The molecule has 4 aromatic carbocycles. The molecule has 0 aliphatic carbocycles. The maximum Gasteiger partial charge on any atom is 0.117 e. The van der Waals surface area contributed by atoms with Gasteiger partial charge in [-0.15, -0.1) is 0 Å². The van der Waals surface area contributed by atoms with Crippen LogP contribution in [0.1, 0.15) is 93.4 Å². The molecule has 2 fully saturated rings. The first-order valence-corrected chi connectivity index (χ1v) is 18.5. The van der Waals surface area contributed by atoms with E-state index in [0.717, 1.165) is 58.7 Å². The van der Waals surface area contributed by atoms with Gasteiger partial charge in [0.05, 0.1) is 0 Å². The Morgan fingerprint density at radius 3 is 1.40 bits per heavy atom. The van der Waals surface area contributed by atoms with Crippen molar-refractivity contribution >= 4 is 11.4 Å². The number of hydrogen-bond donors (Lipinski definition) is 2. The van der Waals surface area contributed by atoms with Crippen LogP contribution in [-0.4, -0.2) is 47.8 Å². The van der Waals surface area contributed by atoms with Crippen LogP contribution in [0.2, 0.25) is 0 Å². The summed E-state index contributed by atoms with van der Waals surface area (Å²) in [5, 5.41) is 21.7. The molecule has 0 saturated carbocycles. The molecular weight excluding hydrogens is 590 g/mol. The van der Waals surface area contributed by atoms with Crippen molar-refractivity contribution < 1.29 is 10.2 Å². The molecule has 4 aromatic rings. The number of nitrogens with zero attached hydrogens (tertiary/aromatic N) is 3. The van der Waals surface area contributed by atoms with Crippen molar-refractivity contribution in [1.29, 1.82) is 0 Å². The van der Waals surface area contributed by atoms with E-state index in [1.165, 1.54) is 85.0 Å². The van der Waals surface area contributed by atoms with Gasteiger partial charge in [-0.3, -0.25) is 4.90 Å². The number of benzene rings is 4. The minimum Gasteiger partial charge on any atom is -0.508 e. The summed E-state index contributed by atoms with van der Waals surface area (Å²) in [7, 11) is 0. The van der Waals surface area contributed by atoms with E-state index < -0.39 is 0 Å². The normalized spacial score (nSPS) is 16.1. The summed E-state index contributed by atoms with van der Waals surface area (Å²) >= 11 is 0. The number of anilines is 2. The third-order valence-electron chi connectivity index (χ3n) is 10.7. The maximum absolute atomic E-state index is 10.9. The summed E-state index contributed by atoms with van der Waals surface area (Å²) in [6, 6.07) is 33.9. The molecule has 254 valence electrons. The average molecular weight is 646 g/mol. The van der Waals surface area contributed by atoms with Crippen LogP contribution in [0.5, 0.6) is 11.5 Å². The molecule has 2 saturated heterocycles. The molecule has 2 N–H and O–H groups in total. The Kier molecular flexibility index (Phi) is 11.6. The van der Waals surface area contributed by atoms with Crippen LogP contribution in [0.4, 0.5) is 11.4 Å². The SMILES string of the molecule is CC(CCCN(Cc1ccccc1)Cc1ccccc1)(c1ccc(O)cc1N1CCCCCC1)c1ccc(O)cc1N1CCCCCC1. The lowest BCUT2D eigenvalue weighted by atomic mass is 9.71. The summed E-state index contributed by atoms with van der Waals surface area (Å²) < 4.78 is 0. The van der Waals surface area contributed by atoms with E-state index in [0.29, 0.717) is 11.5 Å². The zero-order chi connectivity index (χ0) is 33.2. The molecule has 0 radical (unpaired) electrons. The molecule has 2 aliphatic rings. The van der Waals surface area contributed by atoms with E-state index in [1.807, 2.05) is 24.3 Å². The first-order valence-electron chi connectivity index (χ1n) is 18.5. The smallest absolute Gasteiger partial charge is 0.117 e. The van der Waals surface area contributed by atoms with Gasteiger partial charge in [0.15, 0.2) is 0 Å². The summed E-state index contributed by atoms with van der Waals surface area (Å²) in [5.41, 5.74) is 7.22. The standard InChI is InChI=1S/C43H55N3O2/c1-43(39-23-21-37(47)31-41(39)45-27-12-2-3-13-28-45,40-24-22-38(48)32-42(40)46-29-14-4-5-15-30-46)25-16-26-44(33-35-17-8-6-9-18-35)34-36-19-10-7-11-20-36/h6-11,17-24,31-32,47-48H,2-5,12-16,25-30,33-34H2,1H3. The first-order chi connectivity index (χ1) is 23.5. The van der Waals surface area contributed by atoms with Crippen LogP contribution in [0.15, 0.2) is 97.1 Å². The molecule has 0 amide bonds. The van der Waals surface area contributed by atoms with Gasteiger partial charge in [0, 0.05) is 68.2 Å². The second-order valence-electron chi connectivity index (χ2n) is 14.3. The molecule has 0 bridgehead atoms. The number of phenolic OH excluding ortho intramolecular Hbond substituents is 2. The van der Waals surface area contributed by atoms with Crippen molar-refractivity contribution in [3.05, 3.63) is 119 Å². The molecule has 5 heteroatoms. The molecule has 6 rings (SSSR count). The highest BCUT2D eigenvalue weighted by molar-refractivity contribution is 5.68. The highest BCUT2D eigenvalue weighted by atomic mass is 16.3. The number of phenols is 2. The second-order valence-corrected chi connectivity index (χ2v) is 14.3. The Morgan fingerprint density at radius 2 is 0.979 bits per heavy atom. The van der Waals surface area contributed by atoms with Crippen molar-refractivity contribution in [2.75, 3.05) is 42.5 Å². The fourth-order valence-corrected chi connectivity index (χ4v) is 8.09. The maximum atomic E-state index is 10.9. The van der Waals surface area contributed by atoms with Gasteiger partial charge >= 0.3 is 0 Å². The van der Waals surface area contributed by atoms with Crippen LogP contribution in [-0.2, 0) is 18.5 Å². The predicted molar refractivity (Wildman–Crippen MR) is 200 cm³/mol. The summed E-state index contributed by atoms with van der Waals surface area (Å²) in [5.74, 6) is 0.659. The number of rotatable bonds is 12. The molecule has 0 aromatic heterocycles. The largest absolute Gasteiger partial charge is 0.508 e. The van der Waals surface area contributed by atoms with Crippen molar-refractivity contribution in [3.63, 3.8) is 0 Å². The number of aromatic hydroxyl groups is 2. The van der Waals surface area contributed by atoms with Crippen molar-refractivity contribution in [1.82, 2.24) is 4.90 Å². The highest BCUT2D eigenvalue weighted by Crippen LogP contribution is 2.47. The summed E-state index contributed by atoms with van der Waals surface area (Å²) in [6.07, 6.45) is 11.7.